The molecule has 0 amide bonds. The van der Waals surface area contributed by atoms with Gasteiger partial charge in [-0.3, -0.25) is 0 Å². The summed E-state index contributed by atoms with van der Waals surface area (Å²) in [6.07, 6.45) is -0.938. The third-order valence-corrected chi connectivity index (χ3v) is 4.07. The maximum atomic E-state index is 13.9. The Labute approximate surface area is 129 Å². The average molecular weight is 358 g/mol. The van der Waals surface area contributed by atoms with Crippen molar-refractivity contribution < 1.29 is 14.2 Å². The normalized spacial score (nSPS) is 21.2. The number of hydrogen-bond acceptors (Lipinski definition) is 2. The largest absolute Gasteiger partial charge is 0.485 e. The summed E-state index contributed by atoms with van der Waals surface area (Å²) >= 11 is 9.26. The van der Waals surface area contributed by atoms with Crippen LogP contribution in [0.25, 0.3) is 0 Å². The lowest BCUT2D eigenvalue weighted by molar-refractivity contribution is 0.0639. The van der Waals surface area contributed by atoms with Gasteiger partial charge in [-0.05, 0) is 30.3 Å². The molecule has 2 nitrogen and oxygen atoms in total. The SMILES string of the molecule is OC1CC(c2cc(Cl)ccc2F)Oc2cc(Br)ccc21. The van der Waals surface area contributed by atoms with Crippen LogP contribution >= 0.6 is 27.5 Å². The Morgan fingerprint density at radius 3 is 2.80 bits per heavy atom. The maximum absolute atomic E-state index is 13.9. The lowest BCUT2D eigenvalue weighted by Gasteiger charge is -2.30. The number of fused-ring (bicyclic) bond motifs is 1. The molecule has 0 aromatic heterocycles. The minimum absolute atomic E-state index is 0.298. The molecule has 0 bridgehead atoms. The molecular formula is C15H11BrClFO2. The van der Waals surface area contributed by atoms with E-state index >= 15 is 0 Å². The fourth-order valence-electron chi connectivity index (χ4n) is 2.37. The van der Waals surface area contributed by atoms with E-state index in [1.165, 1.54) is 18.2 Å². The lowest BCUT2D eigenvalue weighted by Crippen LogP contribution is -2.20. The fraction of sp³-hybridized carbons (Fsp3) is 0.200. The van der Waals surface area contributed by atoms with Gasteiger partial charge in [-0.25, -0.2) is 4.39 Å². The second kappa shape index (κ2) is 5.35. The first-order valence-corrected chi connectivity index (χ1v) is 7.31. The topological polar surface area (TPSA) is 29.5 Å². The van der Waals surface area contributed by atoms with E-state index < -0.39 is 12.2 Å². The molecule has 0 saturated carbocycles. The van der Waals surface area contributed by atoms with Crippen LogP contribution < -0.4 is 4.74 Å². The van der Waals surface area contributed by atoms with E-state index in [4.69, 9.17) is 16.3 Å². The van der Waals surface area contributed by atoms with Crippen LogP contribution in [0.4, 0.5) is 4.39 Å². The molecule has 3 rings (SSSR count). The van der Waals surface area contributed by atoms with Gasteiger partial charge in [-0.15, -0.1) is 0 Å². The van der Waals surface area contributed by atoms with Crippen molar-refractivity contribution in [2.45, 2.75) is 18.6 Å². The molecule has 1 N–H and O–H groups in total. The first-order chi connectivity index (χ1) is 9.54. The van der Waals surface area contributed by atoms with Gasteiger partial charge < -0.3 is 9.84 Å². The highest BCUT2D eigenvalue weighted by atomic mass is 79.9. The molecule has 5 heteroatoms. The van der Waals surface area contributed by atoms with Crippen LogP contribution in [0.3, 0.4) is 0 Å². The van der Waals surface area contributed by atoms with E-state index in [0.717, 1.165) is 4.47 Å². The molecule has 0 saturated heterocycles. The van der Waals surface area contributed by atoms with Crippen LogP contribution in [0.5, 0.6) is 5.75 Å². The molecule has 20 heavy (non-hydrogen) atoms. The molecule has 2 aromatic carbocycles. The zero-order chi connectivity index (χ0) is 14.3. The zero-order valence-corrected chi connectivity index (χ0v) is 12.7. The summed E-state index contributed by atoms with van der Waals surface area (Å²) in [4.78, 5) is 0. The van der Waals surface area contributed by atoms with Crippen LogP contribution in [-0.4, -0.2) is 5.11 Å². The second-order valence-corrected chi connectivity index (χ2v) is 6.06. The molecule has 0 spiro atoms. The Balaban J connectivity index is 2.00. The van der Waals surface area contributed by atoms with Crippen LogP contribution in [-0.2, 0) is 0 Å². The third-order valence-electron chi connectivity index (χ3n) is 3.35. The number of benzene rings is 2. The Morgan fingerprint density at radius 1 is 1.20 bits per heavy atom. The van der Waals surface area contributed by atoms with Gasteiger partial charge in [0, 0.05) is 27.0 Å². The fourth-order valence-corrected chi connectivity index (χ4v) is 2.89. The monoisotopic (exact) mass is 356 g/mol. The standard InChI is InChI=1S/C15H11BrClFO2/c16-8-1-3-10-13(19)7-15(20-14(10)5-8)11-6-9(17)2-4-12(11)18/h1-6,13,15,19H,7H2. The summed E-state index contributed by atoms with van der Waals surface area (Å²) in [7, 11) is 0. The Bertz CT molecular complexity index is 662. The molecule has 104 valence electrons. The Morgan fingerprint density at radius 2 is 2.00 bits per heavy atom. The van der Waals surface area contributed by atoms with Crippen molar-refractivity contribution in [3.8, 4) is 5.75 Å². The minimum atomic E-state index is -0.685. The summed E-state index contributed by atoms with van der Waals surface area (Å²) in [6.45, 7) is 0. The number of halogens is 3. The summed E-state index contributed by atoms with van der Waals surface area (Å²) in [6, 6.07) is 9.75. The molecule has 1 aliphatic heterocycles. The summed E-state index contributed by atoms with van der Waals surface area (Å²) in [5, 5.41) is 10.6. The summed E-state index contributed by atoms with van der Waals surface area (Å²) < 4.78 is 20.6. The predicted octanol–water partition coefficient (Wildman–Crippen LogP) is 4.80. The van der Waals surface area contributed by atoms with Crippen LogP contribution in [0.2, 0.25) is 5.02 Å². The summed E-state index contributed by atoms with van der Waals surface area (Å²) in [5.74, 6) is 0.174. The Kier molecular flexibility index (Phi) is 3.71. The molecule has 0 aliphatic carbocycles. The third kappa shape index (κ3) is 2.55. The van der Waals surface area contributed by atoms with E-state index in [9.17, 15) is 9.50 Å². The van der Waals surface area contributed by atoms with Crippen molar-refractivity contribution in [3.05, 3.63) is 62.8 Å². The highest BCUT2D eigenvalue weighted by Crippen LogP contribution is 2.42. The van der Waals surface area contributed by atoms with Gasteiger partial charge in [0.15, 0.2) is 0 Å². The lowest BCUT2D eigenvalue weighted by atomic mass is 9.95. The first-order valence-electron chi connectivity index (χ1n) is 6.13. The van der Waals surface area contributed by atoms with E-state index in [1.54, 1.807) is 12.1 Å². The van der Waals surface area contributed by atoms with Crippen LogP contribution in [0.15, 0.2) is 40.9 Å². The molecule has 2 atom stereocenters. The van der Waals surface area contributed by atoms with Gasteiger partial charge >= 0.3 is 0 Å². The van der Waals surface area contributed by atoms with E-state index in [-0.39, 0.29) is 5.82 Å². The second-order valence-electron chi connectivity index (χ2n) is 4.71. The van der Waals surface area contributed by atoms with Crippen molar-refractivity contribution in [1.29, 1.82) is 0 Å². The minimum Gasteiger partial charge on any atom is -0.485 e. The van der Waals surface area contributed by atoms with Gasteiger partial charge in [0.2, 0.25) is 0 Å². The van der Waals surface area contributed by atoms with Gasteiger partial charge in [-0.1, -0.05) is 33.6 Å². The maximum Gasteiger partial charge on any atom is 0.130 e. The predicted molar refractivity (Wildman–Crippen MR) is 78.5 cm³/mol. The van der Waals surface area contributed by atoms with Crippen molar-refractivity contribution >= 4 is 27.5 Å². The van der Waals surface area contributed by atoms with Gasteiger partial charge in [-0.2, -0.15) is 0 Å². The highest BCUT2D eigenvalue weighted by Gasteiger charge is 2.29. The number of aliphatic hydroxyl groups excluding tert-OH is 1. The molecule has 2 unspecified atom stereocenters. The van der Waals surface area contributed by atoms with Crippen molar-refractivity contribution in [3.63, 3.8) is 0 Å². The van der Waals surface area contributed by atoms with Crippen molar-refractivity contribution in [2.75, 3.05) is 0 Å². The zero-order valence-electron chi connectivity index (χ0n) is 10.3. The highest BCUT2D eigenvalue weighted by molar-refractivity contribution is 9.10. The van der Waals surface area contributed by atoms with Crippen molar-refractivity contribution in [1.82, 2.24) is 0 Å². The number of aliphatic hydroxyl groups is 1. The Hall–Kier alpha value is -1.10. The molecule has 0 fully saturated rings. The van der Waals surface area contributed by atoms with Crippen molar-refractivity contribution in [2.24, 2.45) is 0 Å². The first kappa shape index (κ1) is 13.9. The molecule has 2 aromatic rings. The van der Waals surface area contributed by atoms with Gasteiger partial charge in [0.25, 0.3) is 0 Å². The van der Waals surface area contributed by atoms with E-state index in [0.29, 0.717) is 28.3 Å². The average Bonchev–Trinajstić information content (AvgIpc) is 2.41. The summed E-state index contributed by atoms with van der Waals surface area (Å²) in [5.41, 5.74) is 1.08. The van der Waals surface area contributed by atoms with Crippen LogP contribution in [0.1, 0.15) is 29.8 Å². The number of ether oxygens (including phenoxy) is 1. The van der Waals surface area contributed by atoms with E-state index in [2.05, 4.69) is 15.9 Å². The smallest absolute Gasteiger partial charge is 0.130 e. The van der Waals surface area contributed by atoms with Gasteiger partial charge in [0.1, 0.15) is 17.7 Å². The van der Waals surface area contributed by atoms with Gasteiger partial charge in [0.05, 0.1) is 6.10 Å². The number of hydrogen-bond donors (Lipinski definition) is 1. The number of rotatable bonds is 1. The molecule has 0 radical (unpaired) electrons. The van der Waals surface area contributed by atoms with E-state index in [1.807, 2.05) is 6.07 Å². The molecule has 1 aliphatic rings. The molecule has 1 heterocycles. The quantitative estimate of drug-likeness (QED) is 0.794. The van der Waals surface area contributed by atoms with Crippen LogP contribution in [0, 0.1) is 5.82 Å². The molecular weight excluding hydrogens is 347 g/mol.